The summed E-state index contributed by atoms with van der Waals surface area (Å²) >= 11 is 0. The van der Waals surface area contributed by atoms with Gasteiger partial charge in [-0.3, -0.25) is 4.79 Å². The first-order chi connectivity index (χ1) is 13.6. The monoisotopic (exact) mass is 404 g/mol. The zero-order valence-corrected chi connectivity index (χ0v) is 19.5. The number of fused-ring (bicyclic) bond motifs is 1. The van der Waals surface area contributed by atoms with E-state index in [9.17, 15) is 4.79 Å². The Kier molecular flexibility index (Phi) is 6.65. The molecule has 1 fully saturated rings. The SMILES string of the molecule is COC(=O)[C@H](C)[C@H]1CC[C@@](C)(CCC2=C(C)C[C@@H]3C=C(C)CC[C@@H]3C2(C)C)OO1. The highest BCUT2D eigenvalue weighted by Crippen LogP contribution is 2.54. The highest BCUT2D eigenvalue weighted by molar-refractivity contribution is 5.72. The van der Waals surface area contributed by atoms with Crippen LogP contribution in [0, 0.1) is 23.2 Å². The Labute approximate surface area is 177 Å². The van der Waals surface area contributed by atoms with E-state index in [1.807, 2.05) is 6.92 Å². The summed E-state index contributed by atoms with van der Waals surface area (Å²) in [6.07, 6.45) is 9.80. The summed E-state index contributed by atoms with van der Waals surface area (Å²) in [7, 11) is 1.42. The molecule has 4 nitrogen and oxygen atoms in total. The van der Waals surface area contributed by atoms with E-state index in [1.54, 1.807) is 16.7 Å². The third-order valence-corrected chi connectivity index (χ3v) is 7.99. The van der Waals surface area contributed by atoms with Crippen LogP contribution < -0.4 is 0 Å². The van der Waals surface area contributed by atoms with E-state index in [0.717, 1.165) is 31.6 Å². The van der Waals surface area contributed by atoms with E-state index in [2.05, 4.69) is 40.7 Å². The zero-order valence-electron chi connectivity index (χ0n) is 19.5. The summed E-state index contributed by atoms with van der Waals surface area (Å²) in [5.74, 6) is 0.907. The van der Waals surface area contributed by atoms with Gasteiger partial charge in [0, 0.05) is 0 Å². The number of hydrogen-bond donors (Lipinski definition) is 0. The van der Waals surface area contributed by atoms with E-state index in [-0.39, 0.29) is 29.0 Å². The maximum Gasteiger partial charge on any atom is 0.311 e. The maximum atomic E-state index is 11.8. The fraction of sp³-hybridized carbons (Fsp3) is 0.800. The Balaban J connectivity index is 1.63. The van der Waals surface area contributed by atoms with Crippen molar-refractivity contribution >= 4 is 5.97 Å². The van der Waals surface area contributed by atoms with Gasteiger partial charge in [0.1, 0.15) is 11.7 Å². The largest absolute Gasteiger partial charge is 0.469 e. The summed E-state index contributed by atoms with van der Waals surface area (Å²) in [5, 5.41) is 0. The molecule has 0 aromatic heterocycles. The van der Waals surface area contributed by atoms with Crippen molar-refractivity contribution in [2.45, 2.75) is 98.2 Å². The minimum Gasteiger partial charge on any atom is -0.469 e. The van der Waals surface area contributed by atoms with Gasteiger partial charge in [0.25, 0.3) is 0 Å². The smallest absolute Gasteiger partial charge is 0.311 e. The molecule has 29 heavy (non-hydrogen) atoms. The van der Waals surface area contributed by atoms with Crippen LogP contribution in [-0.4, -0.2) is 24.8 Å². The molecule has 1 saturated heterocycles. The molecule has 0 saturated carbocycles. The van der Waals surface area contributed by atoms with Crippen LogP contribution in [0.4, 0.5) is 0 Å². The Morgan fingerprint density at radius 2 is 2.00 bits per heavy atom. The van der Waals surface area contributed by atoms with Gasteiger partial charge in [-0.15, -0.1) is 0 Å². The molecule has 164 valence electrons. The van der Waals surface area contributed by atoms with Crippen LogP contribution in [0.3, 0.4) is 0 Å². The third kappa shape index (κ3) is 4.64. The van der Waals surface area contributed by atoms with Crippen LogP contribution in [0.5, 0.6) is 0 Å². The molecule has 0 aromatic rings. The first-order valence-electron chi connectivity index (χ1n) is 11.4. The van der Waals surface area contributed by atoms with Gasteiger partial charge >= 0.3 is 5.97 Å². The molecule has 3 aliphatic rings. The van der Waals surface area contributed by atoms with Gasteiger partial charge < -0.3 is 4.74 Å². The predicted octanol–water partition coefficient (Wildman–Crippen LogP) is 6.16. The lowest BCUT2D eigenvalue weighted by Gasteiger charge is -2.48. The molecule has 0 amide bonds. The fourth-order valence-corrected chi connectivity index (χ4v) is 5.99. The van der Waals surface area contributed by atoms with Crippen molar-refractivity contribution in [1.29, 1.82) is 0 Å². The van der Waals surface area contributed by atoms with E-state index in [0.29, 0.717) is 5.92 Å². The maximum absolute atomic E-state index is 11.8. The van der Waals surface area contributed by atoms with Crippen molar-refractivity contribution in [3.05, 3.63) is 22.8 Å². The summed E-state index contributed by atoms with van der Waals surface area (Å²) in [6.45, 7) is 13.5. The van der Waals surface area contributed by atoms with Crippen LogP contribution in [0.15, 0.2) is 22.8 Å². The van der Waals surface area contributed by atoms with Crippen LogP contribution in [0.1, 0.15) is 86.5 Å². The summed E-state index contributed by atoms with van der Waals surface area (Å²) in [4.78, 5) is 23.3. The van der Waals surface area contributed by atoms with Gasteiger partial charge in [-0.2, -0.15) is 0 Å². The van der Waals surface area contributed by atoms with Gasteiger partial charge in [-0.05, 0) is 89.9 Å². The Bertz CT molecular complexity index is 679. The van der Waals surface area contributed by atoms with E-state index < -0.39 is 0 Å². The number of carbonyl (C=O) groups is 1. The molecule has 0 radical (unpaired) electrons. The molecular weight excluding hydrogens is 364 g/mol. The minimum absolute atomic E-state index is 0.222. The van der Waals surface area contributed by atoms with Crippen molar-refractivity contribution in [2.75, 3.05) is 7.11 Å². The van der Waals surface area contributed by atoms with Gasteiger partial charge in [0.15, 0.2) is 0 Å². The number of esters is 1. The van der Waals surface area contributed by atoms with Crippen molar-refractivity contribution < 1.29 is 19.3 Å². The first-order valence-corrected chi connectivity index (χ1v) is 11.4. The van der Waals surface area contributed by atoms with Gasteiger partial charge in [0.2, 0.25) is 0 Å². The Hall–Kier alpha value is -1.13. The quantitative estimate of drug-likeness (QED) is 0.312. The number of ether oxygens (including phenoxy) is 1. The van der Waals surface area contributed by atoms with Crippen molar-refractivity contribution in [1.82, 2.24) is 0 Å². The third-order valence-electron chi connectivity index (χ3n) is 7.99. The second-order valence-corrected chi connectivity index (χ2v) is 10.5. The molecule has 1 aliphatic heterocycles. The summed E-state index contributed by atoms with van der Waals surface area (Å²) in [6, 6.07) is 0. The lowest BCUT2D eigenvalue weighted by molar-refractivity contribution is -0.411. The highest BCUT2D eigenvalue weighted by Gasteiger charge is 2.44. The Morgan fingerprint density at radius 3 is 2.62 bits per heavy atom. The van der Waals surface area contributed by atoms with Gasteiger partial charge in [-0.1, -0.05) is 36.6 Å². The van der Waals surface area contributed by atoms with Crippen LogP contribution >= 0.6 is 0 Å². The molecule has 0 aromatic carbocycles. The van der Waals surface area contributed by atoms with E-state index in [4.69, 9.17) is 14.5 Å². The van der Waals surface area contributed by atoms with E-state index >= 15 is 0 Å². The van der Waals surface area contributed by atoms with Crippen LogP contribution in [0.25, 0.3) is 0 Å². The second-order valence-electron chi connectivity index (χ2n) is 10.5. The number of methoxy groups -OCH3 is 1. The number of hydrogen-bond acceptors (Lipinski definition) is 4. The molecule has 4 heteroatoms. The molecule has 5 atom stereocenters. The molecule has 2 aliphatic carbocycles. The molecule has 3 rings (SSSR count). The first kappa shape index (κ1) is 22.6. The number of allylic oxidation sites excluding steroid dienone is 4. The lowest BCUT2D eigenvalue weighted by Crippen LogP contribution is -2.42. The van der Waals surface area contributed by atoms with Crippen molar-refractivity contribution in [3.63, 3.8) is 0 Å². The number of carbonyl (C=O) groups excluding carboxylic acids is 1. The minimum atomic E-state index is -0.300. The molecule has 0 unspecified atom stereocenters. The molecule has 0 spiro atoms. The number of rotatable bonds is 5. The van der Waals surface area contributed by atoms with Gasteiger partial charge in [0.05, 0.1) is 13.0 Å². The topological polar surface area (TPSA) is 44.8 Å². The zero-order chi connectivity index (χ0) is 21.4. The van der Waals surface area contributed by atoms with E-state index in [1.165, 1.54) is 26.4 Å². The normalized spacial score (nSPS) is 35.6. The highest BCUT2D eigenvalue weighted by atomic mass is 17.2. The summed E-state index contributed by atoms with van der Waals surface area (Å²) in [5.41, 5.74) is 4.70. The lowest BCUT2D eigenvalue weighted by atomic mass is 9.57. The average Bonchev–Trinajstić information content (AvgIpc) is 2.66. The second kappa shape index (κ2) is 8.55. The molecule has 0 N–H and O–H groups in total. The van der Waals surface area contributed by atoms with Crippen LogP contribution in [-0.2, 0) is 19.3 Å². The summed E-state index contributed by atoms with van der Waals surface area (Å²) < 4.78 is 4.84. The molecule has 0 bridgehead atoms. The fourth-order valence-electron chi connectivity index (χ4n) is 5.99. The standard InChI is InChI=1S/C25H40O4/c1-16-8-9-21-19(14-16)15-17(2)20(24(21,4)5)10-12-25(6)13-11-22(28-29-25)18(3)23(26)27-7/h14,18-19,21-22H,8-13,15H2,1-7H3/t18-,19+,21+,22-,25-/m1/s1. The molecule has 1 heterocycles. The van der Waals surface area contributed by atoms with Crippen LogP contribution in [0.2, 0.25) is 0 Å². The van der Waals surface area contributed by atoms with Crippen molar-refractivity contribution in [2.24, 2.45) is 23.2 Å². The molecular formula is C25H40O4. The van der Waals surface area contributed by atoms with Crippen molar-refractivity contribution in [3.8, 4) is 0 Å². The predicted molar refractivity (Wildman–Crippen MR) is 115 cm³/mol. The Morgan fingerprint density at radius 1 is 1.28 bits per heavy atom. The van der Waals surface area contributed by atoms with Gasteiger partial charge in [-0.25, -0.2) is 9.78 Å². The average molecular weight is 405 g/mol.